The molecule has 6 fully saturated rings. The predicted octanol–water partition coefficient (Wildman–Crippen LogP) is 3.30. The number of amides is 2. The molecule has 4 saturated carbocycles. The average molecular weight is 941 g/mol. The highest BCUT2D eigenvalue weighted by Gasteiger charge is 2.83. The van der Waals surface area contributed by atoms with E-state index < -0.39 is 154 Å². The number of carbonyl (C=O) groups is 6. The summed E-state index contributed by atoms with van der Waals surface area (Å²) in [5.74, 6) is -9.74. The number of epoxide rings is 1. The fourth-order valence-corrected chi connectivity index (χ4v) is 15.4. The predicted molar refractivity (Wildman–Crippen MR) is 236 cm³/mol. The van der Waals surface area contributed by atoms with Gasteiger partial charge in [-0.3, -0.25) is 19.2 Å². The van der Waals surface area contributed by atoms with Gasteiger partial charge in [0.25, 0.3) is 0 Å². The van der Waals surface area contributed by atoms with Gasteiger partial charge in [-0.2, -0.15) is 0 Å². The molecule has 0 aromatic heterocycles. The number of ether oxygens (including phenoxy) is 6. The first kappa shape index (κ1) is 46.4. The molecule has 0 unspecified atom stereocenters. The lowest BCUT2D eigenvalue weighted by atomic mass is 9.40. The first-order valence-electron chi connectivity index (χ1n) is 23.7. The fourth-order valence-electron chi connectivity index (χ4n) is 15.4. The summed E-state index contributed by atoms with van der Waals surface area (Å²) in [4.78, 5) is 80.8. The van der Waals surface area contributed by atoms with Crippen molar-refractivity contribution in [3.05, 3.63) is 71.5 Å². The summed E-state index contributed by atoms with van der Waals surface area (Å²) in [7, 11) is 0. The van der Waals surface area contributed by atoms with Crippen LogP contribution < -0.4 is 10.6 Å². The molecule has 17 nitrogen and oxygen atoms in total. The van der Waals surface area contributed by atoms with Crippen LogP contribution in [-0.4, -0.2) is 119 Å². The van der Waals surface area contributed by atoms with Crippen LogP contribution in [0.25, 0.3) is 11.1 Å². The second-order valence-corrected chi connectivity index (χ2v) is 21.3. The van der Waals surface area contributed by atoms with Crippen molar-refractivity contribution in [3.8, 4) is 11.1 Å². The van der Waals surface area contributed by atoms with Crippen LogP contribution in [0.1, 0.15) is 78.9 Å². The van der Waals surface area contributed by atoms with Gasteiger partial charge in [-0.25, -0.2) is 9.59 Å². The number of nitrogens with one attached hydrogen (secondary N) is 2. The molecule has 2 aromatic rings. The van der Waals surface area contributed by atoms with Crippen LogP contribution in [0, 0.1) is 57.7 Å². The molecule has 17 heteroatoms. The number of hydrogen-bond donors (Lipinski definition) is 5. The number of carbonyl (C=O) groups excluding carboxylic acids is 6. The van der Waals surface area contributed by atoms with E-state index in [4.69, 9.17) is 28.4 Å². The maximum atomic E-state index is 14.2. The van der Waals surface area contributed by atoms with Crippen LogP contribution in [-0.2, 0) is 52.4 Å². The molecule has 0 spiro atoms. The van der Waals surface area contributed by atoms with Crippen molar-refractivity contribution in [2.75, 3.05) is 13.2 Å². The minimum absolute atomic E-state index is 0.0130. The van der Waals surface area contributed by atoms with Gasteiger partial charge in [0.05, 0.1) is 29.8 Å². The third-order valence-electron chi connectivity index (χ3n) is 18.1. The van der Waals surface area contributed by atoms with E-state index >= 15 is 0 Å². The number of hydrogen-bond acceptors (Lipinski definition) is 15. The molecule has 364 valence electrons. The highest BCUT2D eigenvalue weighted by Crippen LogP contribution is 2.76. The van der Waals surface area contributed by atoms with E-state index in [1.54, 1.807) is 13.0 Å². The van der Waals surface area contributed by atoms with E-state index in [-0.39, 0.29) is 24.7 Å². The summed E-state index contributed by atoms with van der Waals surface area (Å²) < 4.78 is 36.4. The Bertz CT molecular complexity index is 2480. The minimum atomic E-state index is -2.13. The SMILES string of the molecule is CC(=O)O[C@H]1[C@H]2[C@@H]([C@@H](O)[C@@H](NC(=O)CNC(=O)OCC3c4ccccc4-c4ccccc43)[C@H]3C[C@@H]4O[C@@H]4[C@H](OC(C)=O)[C@]23C)[C@@H]2[C@@H](O)[C@@H]3[C@H]([C@H](C)C=C4OC(=O)[C@@](C)(O)[C@@]43C)[C@@]2(C)[C@H]1OC(C)=O. The minimum Gasteiger partial charge on any atom is -0.459 e. The van der Waals surface area contributed by atoms with Crippen LogP contribution in [0.4, 0.5) is 4.79 Å². The van der Waals surface area contributed by atoms with Crippen molar-refractivity contribution in [1.29, 1.82) is 0 Å². The Morgan fingerprint density at radius 3 is 2.00 bits per heavy atom. The normalized spacial score (nSPS) is 43.2. The average Bonchev–Trinajstić information content (AvgIpc) is 3.87. The van der Waals surface area contributed by atoms with E-state index in [0.29, 0.717) is 0 Å². The van der Waals surface area contributed by atoms with Crippen molar-refractivity contribution in [1.82, 2.24) is 10.6 Å². The monoisotopic (exact) mass is 940 g/mol. The molecule has 8 aliphatic rings. The van der Waals surface area contributed by atoms with Crippen molar-refractivity contribution >= 4 is 35.9 Å². The molecule has 2 amide bonds. The standard InChI is InChI=1S/C51H60N2O15/c1-21-17-32-50(7,51(8,62)46(60)68-32)38-35(21)49(6)36(41(38)59)34-37(43(64-22(2)54)45(49)66-24(4)56)48(5)30(18-31-42(67-31)44(48)65-23(3)55)39(40(34)58)53-33(57)19-52-47(61)63-20-29-27-15-11-9-13-25(27)26-14-10-12-16-28(26)29/h9-17,21,29-31,34-45,58-59,62H,18-20H2,1-8H3,(H,52,61)(H,53,57)/t21-,30-,31+,34+,35+,36-,37-,38+,39+,40-,41-,42+,43+,44+,45+,48+,49-,50+,51-/m1/s1. The van der Waals surface area contributed by atoms with Crippen molar-refractivity contribution in [3.63, 3.8) is 0 Å². The number of esters is 4. The number of benzene rings is 2. The molecule has 5 N–H and O–H groups in total. The van der Waals surface area contributed by atoms with Crippen molar-refractivity contribution in [2.45, 2.75) is 122 Å². The molecule has 0 radical (unpaired) electrons. The van der Waals surface area contributed by atoms with Crippen LogP contribution in [0.5, 0.6) is 0 Å². The molecule has 68 heavy (non-hydrogen) atoms. The number of fused-ring (bicyclic) bond motifs is 13. The van der Waals surface area contributed by atoms with Gasteiger partial charge < -0.3 is 54.4 Å². The maximum Gasteiger partial charge on any atom is 0.407 e. The van der Waals surface area contributed by atoms with E-state index in [0.717, 1.165) is 22.3 Å². The smallest absolute Gasteiger partial charge is 0.407 e. The maximum absolute atomic E-state index is 14.2. The lowest BCUT2D eigenvalue weighted by molar-refractivity contribution is -0.285. The van der Waals surface area contributed by atoms with Crippen molar-refractivity contribution in [2.24, 2.45) is 57.7 Å². The van der Waals surface area contributed by atoms with E-state index in [2.05, 4.69) is 10.6 Å². The zero-order valence-corrected chi connectivity index (χ0v) is 39.3. The van der Waals surface area contributed by atoms with E-state index in [1.807, 2.05) is 69.3 Å². The highest BCUT2D eigenvalue weighted by atomic mass is 16.6. The van der Waals surface area contributed by atoms with Gasteiger partial charge in [-0.05, 0) is 72.3 Å². The van der Waals surface area contributed by atoms with Gasteiger partial charge >= 0.3 is 30.0 Å². The Morgan fingerprint density at radius 1 is 0.779 bits per heavy atom. The Balaban J connectivity index is 1.02. The lowest BCUT2D eigenvalue weighted by Crippen LogP contribution is -2.77. The number of alkyl carbamates (subject to hydrolysis) is 1. The molecule has 2 heterocycles. The molecular formula is C51H60N2O15. The van der Waals surface area contributed by atoms with E-state index in [1.165, 1.54) is 27.7 Å². The second-order valence-electron chi connectivity index (χ2n) is 21.3. The van der Waals surface area contributed by atoms with Crippen LogP contribution >= 0.6 is 0 Å². The Kier molecular flexibility index (Phi) is 10.8. The van der Waals surface area contributed by atoms with Gasteiger partial charge in [0, 0.05) is 55.3 Å². The molecule has 2 aliphatic heterocycles. The first-order chi connectivity index (χ1) is 32.1. The summed E-state index contributed by atoms with van der Waals surface area (Å²) in [6.45, 7) is 11.7. The van der Waals surface area contributed by atoms with Crippen molar-refractivity contribution < 1.29 is 72.5 Å². The summed E-state index contributed by atoms with van der Waals surface area (Å²) >= 11 is 0. The molecular weight excluding hydrogens is 881 g/mol. The zero-order valence-electron chi connectivity index (χ0n) is 39.3. The Labute approximate surface area is 393 Å². The lowest BCUT2D eigenvalue weighted by Gasteiger charge is -2.67. The van der Waals surface area contributed by atoms with Crippen LogP contribution in [0.15, 0.2) is 60.4 Å². The van der Waals surface area contributed by atoms with Gasteiger partial charge in [0.2, 0.25) is 5.91 Å². The largest absolute Gasteiger partial charge is 0.459 e. The molecule has 6 aliphatic carbocycles. The topological polar surface area (TPSA) is 246 Å². The first-order valence-corrected chi connectivity index (χ1v) is 23.7. The number of aliphatic hydroxyl groups is 3. The summed E-state index contributed by atoms with van der Waals surface area (Å²) in [6.07, 6.45) is -6.46. The highest BCUT2D eigenvalue weighted by molar-refractivity contribution is 5.86. The fraction of sp³-hybridized carbons (Fsp3) is 0.608. The number of aliphatic hydroxyl groups excluding tert-OH is 2. The van der Waals surface area contributed by atoms with Crippen LogP contribution in [0.2, 0.25) is 0 Å². The van der Waals surface area contributed by atoms with E-state index in [9.17, 15) is 44.1 Å². The molecule has 2 saturated heterocycles. The summed E-state index contributed by atoms with van der Waals surface area (Å²) in [6, 6.07) is 14.7. The summed E-state index contributed by atoms with van der Waals surface area (Å²) in [5, 5.41) is 44.0. The van der Waals surface area contributed by atoms with Gasteiger partial charge in [0.1, 0.15) is 43.3 Å². The number of rotatable bonds is 8. The Hall–Kier alpha value is -5.36. The van der Waals surface area contributed by atoms with Crippen LogP contribution in [0.3, 0.4) is 0 Å². The van der Waals surface area contributed by atoms with Gasteiger partial charge in [-0.15, -0.1) is 0 Å². The third kappa shape index (κ3) is 6.40. The number of allylic oxidation sites excluding steroid dienone is 1. The summed E-state index contributed by atoms with van der Waals surface area (Å²) in [5.41, 5.74) is -2.18. The molecule has 2 aromatic carbocycles. The zero-order chi connectivity index (χ0) is 48.7. The molecule has 10 rings (SSSR count). The molecule has 0 bridgehead atoms. The van der Waals surface area contributed by atoms with Gasteiger partial charge in [-0.1, -0.05) is 69.3 Å². The van der Waals surface area contributed by atoms with Gasteiger partial charge in [0.15, 0.2) is 5.60 Å². The second kappa shape index (κ2) is 15.8. The third-order valence-corrected chi connectivity index (χ3v) is 18.1. The molecule has 19 atom stereocenters. The quantitative estimate of drug-likeness (QED) is 0.145. The Morgan fingerprint density at radius 2 is 1.38 bits per heavy atom.